The van der Waals surface area contributed by atoms with Gasteiger partial charge in [0.25, 0.3) is 0 Å². The molecule has 6 heteroatoms. The molecule has 0 fully saturated rings. The summed E-state index contributed by atoms with van der Waals surface area (Å²) in [4.78, 5) is 23.5. The molecule has 1 aliphatic carbocycles. The Bertz CT molecular complexity index is 771. The summed E-state index contributed by atoms with van der Waals surface area (Å²) < 4.78 is 5.06. The molecule has 3 rings (SSSR count). The molecule has 0 aliphatic heterocycles. The highest BCUT2D eigenvalue weighted by Crippen LogP contribution is 2.44. The van der Waals surface area contributed by atoms with Crippen LogP contribution in [0.15, 0.2) is 48.5 Å². The van der Waals surface area contributed by atoms with Crippen LogP contribution >= 0.6 is 0 Å². The van der Waals surface area contributed by atoms with Crippen LogP contribution in [0.5, 0.6) is 5.75 Å². The average Bonchev–Trinajstić information content (AvgIpc) is 2.87. The first-order valence-electron chi connectivity index (χ1n) is 7.60. The Hall–Kier alpha value is -2.73. The van der Waals surface area contributed by atoms with E-state index in [0.29, 0.717) is 22.4 Å². The van der Waals surface area contributed by atoms with Crippen molar-refractivity contribution in [3.05, 3.63) is 75.3 Å². The van der Waals surface area contributed by atoms with Crippen molar-refractivity contribution in [3.8, 4) is 5.75 Å². The van der Waals surface area contributed by atoms with Gasteiger partial charge in [-0.3, -0.25) is 14.9 Å². The monoisotopic (exact) mass is 327 g/mol. The molecule has 0 amide bonds. The molecule has 0 radical (unpaired) electrons. The summed E-state index contributed by atoms with van der Waals surface area (Å²) in [6, 6.07) is 12.3. The number of ether oxygens (including phenoxy) is 1. The maximum atomic E-state index is 12.5. The Kier molecular flexibility index (Phi) is 4.31. The van der Waals surface area contributed by atoms with E-state index in [2.05, 4.69) is 0 Å². The van der Waals surface area contributed by atoms with Crippen molar-refractivity contribution in [1.29, 1.82) is 0 Å². The third-order valence-electron chi connectivity index (χ3n) is 4.51. The van der Waals surface area contributed by atoms with E-state index in [0.717, 1.165) is 0 Å². The Morgan fingerprint density at radius 3 is 2.38 bits per heavy atom. The summed E-state index contributed by atoms with van der Waals surface area (Å²) in [6.07, 6.45) is -1.21. The summed E-state index contributed by atoms with van der Waals surface area (Å²) in [5, 5.41) is 21.7. The molecule has 0 spiro atoms. The zero-order chi connectivity index (χ0) is 17.3. The molecule has 24 heavy (non-hydrogen) atoms. The molecule has 0 aromatic heterocycles. The largest absolute Gasteiger partial charge is 0.497 e. The molecule has 0 saturated carbocycles. The van der Waals surface area contributed by atoms with Gasteiger partial charge in [0.05, 0.1) is 13.0 Å². The summed E-state index contributed by atoms with van der Waals surface area (Å²) in [5.74, 6) is -0.199. The second-order valence-electron chi connectivity index (χ2n) is 5.81. The third kappa shape index (κ3) is 2.76. The van der Waals surface area contributed by atoms with E-state index in [4.69, 9.17) is 4.74 Å². The lowest BCUT2D eigenvalue weighted by Gasteiger charge is -2.15. The van der Waals surface area contributed by atoms with Crippen LogP contribution in [-0.4, -0.2) is 29.0 Å². The maximum absolute atomic E-state index is 12.5. The smallest absolute Gasteiger partial charge is 0.249 e. The van der Waals surface area contributed by atoms with Crippen LogP contribution in [0, 0.1) is 10.1 Å². The summed E-state index contributed by atoms with van der Waals surface area (Å²) in [7, 11) is 1.54. The van der Waals surface area contributed by atoms with Crippen LogP contribution in [0.1, 0.15) is 39.9 Å². The molecular formula is C18H17NO5. The van der Waals surface area contributed by atoms with Crippen LogP contribution in [0.4, 0.5) is 0 Å². The number of carbonyl (C=O) groups excluding carboxylic acids is 1. The summed E-state index contributed by atoms with van der Waals surface area (Å²) in [6.45, 7) is 0. The minimum absolute atomic E-state index is 0.0218. The Balaban J connectivity index is 1.88. The van der Waals surface area contributed by atoms with E-state index >= 15 is 0 Å². The van der Waals surface area contributed by atoms with Gasteiger partial charge in [-0.05, 0) is 35.4 Å². The van der Waals surface area contributed by atoms with Gasteiger partial charge >= 0.3 is 0 Å². The van der Waals surface area contributed by atoms with E-state index in [1.54, 1.807) is 48.5 Å². The number of carbonyl (C=O) groups is 1. The van der Waals surface area contributed by atoms with Crippen LogP contribution in [0.25, 0.3) is 0 Å². The molecule has 6 nitrogen and oxygen atoms in total. The van der Waals surface area contributed by atoms with Crippen LogP contribution < -0.4 is 4.74 Å². The molecule has 124 valence electrons. The van der Waals surface area contributed by atoms with Gasteiger partial charge in [-0.1, -0.05) is 24.3 Å². The van der Waals surface area contributed by atoms with Crippen molar-refractivity contribution >= 4 is 5.78 Å². The highest BCUT2D eigenvalue weighted by atomic mass is 16.6. The van der Waals surface area contributed by atoms with E-state index in [-0.39, 0.29) is 12.2 Å². The number of benzene rings is 2. The number of ketones is 1. The minimum Gasteiger partial charge on any atom is -0.497 e. The van der Waals surface area contributed by atoms with Crippen molar-refractivity contribution in [3.63, 3.8) is 0 Å². The zero-order valence-electron chi connectivity index (χ0n) is 13.1. The van der Waals surface area contributed by atoms with E-state index < -0.39 is 23.0 Å². The number of fused-ring (bicyclic) bond motifs is 1. The first kappa shape index (κ1) is 16.1. The Morgan fingerprint density at radius 1 is 1.17 bits per heavy atom. The van der Waals surface area contributed by atoms with Crippen LogP contribution in [0.2, 0.25) is 0 Å². The first-order chi connectivity index (χ1) is 11.5. The van der Waals surface area contributed by atoms with Gasteiger partial charge in [-0.15, -0.1) is 0 Å². The number of methoxy groups -OCH3 is 1. The molecule has 0 saturated heterocycles. The average molecular weight is 327 g/mol. The number of aliphatic hydroxyl groups is 1. The highest BCUT2D eigenvalue weighted by molar-refractivity contribution is 5.96. The van der Waals surface area contributed by atoms with E-state index in [1.807, 2.05) is 0 Å². The lowest BCUT2D eigenvalue weighted by molar-refractivity contribution is -0.537. The van der Waals surface area contributed by atoms with Gasteiger partial charge in [-0.25, -0.2) is 0 Å². The summed E-state index contributed by atoms with van der Waals surface area (Å²) in [5.41, 5.74) is 1.68. The molecule has 2 aromatic rings. The molecule has 2 aromatic carbocycles. The number of hydrogen-bond donors (Lipinski definition) is 1. The van der Waals surface area contributed by atoms with Gasteiger partial charge in [0.2, 0.25) is 6.04 Å². The van der Waals surface area contributed by atoms with Crippen molar-refractivity contribution in [2.75, 3.05) is 7.11 Å². The van der Waals surface area contributed by atoms with E-state index in [9.17, 15) is 20.0 Å². The number of aliphatic hydroxyl groups excluding tert-OH is 1. The normalized spacial score (nSPS) is 22.0. The molecule has 0 bridgehead atoms. The molecule has 1 aliphatic rings. The molecular weight excluding hydrogens is 310 g/mol. The first-order valence-corrected chi connectivity index (χ1v) is 7.60. The van der Waals surface area contributed by atoms with Crippen LogP contribution in [-0.2, 0) is 0 Å². The molecule has 0 unspecified atom stereocenters. The predicted octanol–water partition coefficient (Wildman–Crippen LogP) is 2.74. The number of hydrogen-bond acceptors (Lipinski definition) is 5. The lowest BCUT2D eigenvalue weighted by Crippen LogP contribution is -2.29. The predicted molar refractivity (Wildman–Crippen MR) is 86.9 cm³/mol. The Labute approximate surface area is 138 Å². The maximum Gasteiger partial charge on any atom is 0.249 e. The molecule has 0 heterocycles. The van der Waals surface area contributed by atoms with Gasteiger partial charge < -0.3 is 9.84 Å². The standard InChI is InChI=1S/C18H17NO5/c1-24-12-8-6-11(7-9-12)16(20)10-15-13-4-2-3-5-14(13)18(21)17(15)19(22)23/h2-9,15,17-18,21H,10H2,1H3/t15-,17+,18+/m1/s1. The van der Waals surface area contributed by atoms with Gasteiger partial charge in [-0.2, -0.15) is 0 Å². The van der Waals surface area contributed by atoms with E-state index in [1.165, 1.54) is 7.11 Å². The highest BCUT2D eigenvalue weighted by Gasteiger charge is 2.48. The Morgan fingerprint density at radius 2 is 1.79 bits per heavy atom. The van der Waals surface area contributed by atoms with Crippen molar-refractivity contribution in [1.82, 2.24) is 0 Å². The number of rotatable bonds is 5. The summed E-state index contributed by atoms with van der Waals surface area (Å²) >= 11 is 0. The number of nitrogens with zero attached hydrogens (tertiary/aromatic N) is 1. The minimum atomic E-state index is -1.20. The number of nitro groups is 1. The van der Waals surface area contributed by atoms with Crippen molar-refractivity contribution < 1.29 is 19.6 Å². The fraction of sp³-hybridized carbons (Fsp3) is 0.278. The second kappa shape index (κ2) is 6.41. The van der Waals surface area contributed by atoms with Crippen molar-refractivity contribution in [2.45, 2.75) is 24.5 Å². The molecule has 3 atom stereocenters. The second-order valence-corrected chi connectivity index (χ2v) is 5.81. The molecule has 1 N–H and O–H groups in total. The van der Waals surface area contributed by atoms with Gasteiger partial charge in [0.1, 0.15) is 11.9 Å². The third-order valence-corrected chi connectivity index (χ3v) is 4.51. The SMILES string of the molecule is COc1ccc(C(=O)C[C@@H]2c3ccccc3[C@H](O)[C@H]2[N+](=O)[O-])cc1. The lowest BCUT2D eigenvalue weighted by atomic mass is 9.90. The topological polar surface area (TPSA) is 89.7 Å². The quantitative estimate of drug-likeness (QED) is 0.518. The number of Topliss-reactive ketones (excluding diaryl/α,β-unsaturated/α-hetero) is 1. The van der Waals surface area contributed by atoms with Gasteiger partial charge in [0.15, 0.2) is 5.78 Å². The van der Waals surface area contributed by atoms with Crippen molar-refractivity contribution in [2.24, 2.45) is 0 Å². The fourth-order valence-electron chi connectivity index (χ4n) is 3.29. The van der Waals surface area contributed by atoms with Gasteiger partial charge in [0, 0.05) is 16.9 Å². The zero-order valence-corrected chi connectivity index (χ0v) is 13.1. The fourth-order valence-corrected chi connectivity index (χ4v) is 3.29. The van der Waals surface area contributed by atoms with Crippen LogP contribution in [0.3, 0.4) is 0 Å².